The first-order valence-electron chi connectivity index (χ1n) is 10.4. The maximum Gasteiger partial charge on any atom is 0.321 e. The van der Waals surface area contributed by atoms with Gasteiger partial charge < -0.3 is 10.2 Å². The summed E-state index contributed by atoms with van der Waals surface area (Å²) in [4.78, 5) is 12.3. The summed E-state index contributed by atoms with van der Waals surface area (Å²) >= 11 is 11.9. The van der Waals surface area contributed by atoms with E-state index in [-0.39, 0.29) is 34.2 Å². The van der Waals surface area contributed by atoms with Gasteiger partial charge in [-0.3, -0.25) is 10.1 Å². The molecular weight excluding hydrogens is 473 g/mol. The number of carbonyl (C=O) groups is 1. The van der Waals surface area contributed by atoms with Crippen molar-refractivity contribution in [2.45, 2.75) is 50.1 Å². The number of rotatable bonds is 7. The molecule has 176 valence electrons. The molecule has 0 aromatic heterocycles. The molecule has 0 spiro atoms. The summed E-state index contributed by atoms with van der Waals surface area (Å²) in [7, 11) is 0. The lowest BCUT2D eigenvalue weighted by Crippen LogP contribution is -2.45. The third-order valence-corrected chi connectivity index (χ3v) is 6.97. The molecule has 3 N–H and O–H groups in total. The first kappa shape index (κ1) is 25.4. The molecule has 0 bridgehead atoms. The fourth-order valence-electron chi connectivity index (χ4n) is 4.89. The molecular formula is C24H24Cl2F2N2O3. The van der Waals surface area contributed by atoms with Gasteiger partial charge in [0.15, 0.2) is 0 Å². The van der Waals surface area contributed by atoms with E-state index in [0.717, 1.165) is 6.07 Å². The van der Waals surface area contributed by atoms with Crippen LogP contribution in [-0.4, -0.2) is 34.9 Å². The van der Waals surface area contributed by atoms with Crippen molar-refractivity contribution in [2.75, 3.05) is 6.61 Å². The van der Waals surface area contributed by atoms with E-state index in [9.17, 15) is 20.3 Å². The minimum Gasteiger partial charge on any atom is -0.480 e. The number of aliphatic hydroxyl groups is 1. The van der Waals surface area contributed by atoms with Gasteiger partial charge in [-0.25, -0.2) is 8.78 Å². The molecule has 4 atom stereocenters. The van der Waals surface area contributed by atoms with Gasteiger partial charge in [0.2, 0.25) is 0 Å². The highest BCUT2D eigenvalue weighted by atomic mass is 35.5. The maximum absolute atomic E-state index is 15.3. The van der Waals surface area contributed by atoms with Gasteiger partial charge in [0.05, 0.1) is 11.1 Å². The Morgan fingerprint density at radius 3 is 2.55 bits per heavy atom. The van der Waals surface area contributed by atoms with Crippen LogP contribution in [0.5, 0.6) is 0 Å². The molecule has 1 saturated heterocycles. The molecule has 1 heterocycles. The molecule has 2 aromatic carbocycles. The smallest absolute Gasteiger partial charge is 0.321 e. The van der Waals surface area contributed by atoms with Crippen LogP contribution in [0.4, 0.5) is 8.78 Å². The number of benzene rings is 2. The van der Waals surface area contributed by atoms with Gasteiger partial charge >= 0.3 is 5.97 Å². The average molecular weight is 497 g/mol. The molecule has 0 saturated carbocycles. The topological polar surface area (TPSA) is 93.3 Å². The highest BCUT2D eigenvalue weighted by molar-refractivity contribution is 6.31. The lowest BCUT2D eigenvalue weighted by Gasteiger charge is -2.38. The van der Waals surface area contributed by atoms with Crippen LogP contribution in [0.1, 0.15) is 43.7 Å². The number of carboxylic acid groups (broad SMARTS) is 1. The van der Waals surface area contributed by atoms with Crippen molar-refractivity contribution in [2.24, 2.45) is 5.41 Å². The van der Waals surface area contributed by atoms with Gasteiger partial charge in [0, 0.05) is 29.2 Å². The van der Waals surface area contributed by atoms with E-state index in [1.807, 2.05) is 13.8 Å². The van der Waals surface area contributed by atoms with Gasteiger partial charge in [-0.15, -0.1) is 0 Å². The number of nitriles is 1. The van der Waals surface area contributed by atoms with Gasteiger partial charge in [-0.05, 0) is 42.0 Å². The maximum atomic E-state index is 15.3. The summed E-state index contributed by atoms with van der Waals surface area (Å²) in [5, 5.41) is 32.9. The van der Waals surface area contributed by atoms with Crippen molar-refractivity contribution in [3.63, 3.8) is 0 Å². The summed E-state index contributed by atoms with van der Waals surface area (Å²) in [6, 6.07) is 7.83. The van der Waals surface area contributed by atoms with Crippen LogP contribution in [0.15, 0.2) is 36.4 Å². The second kappa shape index (κ2) is 9.55. The van der Waals surface area contributed by atoms with Crippen molar-refractivity contribution in [1.82, 2.24) is 5.32 Å². The quantitative estimate of drug-likeness (QED) is 0.499. The molecule has 2 aromatic rings. The first-order chi connectivity index (χ1) is 15.5. The second-order valence-electron chi connectivity index (χ2n) is 9.10. The number of hydrogen-bond donors (Lipinski definition) is 3. The lowest BCUT2D eigenvalue weighted by molar-refractivity contribution is -0.139. The Kier molecular flexibility index (Phi) is 7.35. The Labute approximate surface area is 200 Å². The minimum atomic E-state index is -1.81. The van der Waals surface area contributed by atoms with E-state index >= 15 is 8.78 Å². The number of hydrogen-bond acceptors (Lipinski definition) is 4. The fourth-order valence-corrected chi connectivity index (χ4v) is 5.23. The number of nitrogens with one attached hydrogen (secondary N) is 1. The van der Waals surface area contributed by atoms with Crippen LogP contribution in [0.3, 0.4) is 0 Å². The van der Waals surface area contributed by atoms with Crippen molar-refractivity contribution in [3.8, 4) is 6.07 Å². The largest absolute Gasteiger partial charge is 0.480 e. The van der Waals surface area contributed by atoms with Crippen LogP contribution in [0, 0.1) is 28.4 Å². The standard InChI is InChI=1S/C24H24Cl2F2N2O3/c1-23(2,8-9-31)11-18-24(12-29,15-7-6-13(25)10-17(15)27)19(21(30-18)22(32)33)14-4-3-5-16(26)20(14)28/h3-7,10,18-19,21,30-31H,8-9,11H2,1-2H3,(H,32,33)/t18-,19?,21+,24?/m0/s1. The summed E-state index contributed by atoms with van der Waals surface area (Å²) in [6.07, 6.45) is 0.579. The molecule has 3 rings (SSSR count). The summed E-state index contributed by atoms with van der Waals surface area (Å²) < 4.78 is 30.5. The van der Waals surface area contributed by atoms with E-state index in [4.69, 9.17) is 23.2 Å². The van der Waals surface area contributed by atoms with Crippen LogP contribution < -0.4 is 5.32 Å². The summed E-state index contributed by atoms with van der Waals surface area (Å²) in [5.74, 6) is -4.27. The molecule has 0 amide bonds. The van der Waals surface area contributed by atoms with Gasteiger partial charge in [-0.1, -0.05) is 55.2 Å². The zero-order valence-electron chi connectivity index (χ0n) is 18.1. The first-order valence-corrected chi connectivity index (χ1v) is 11.1. The van der Waals surface area contributed by atoms with Crippen LogP contribution in [0.25, 0.3) is 0 Å². The van der Waals surface area contributed by atoms with Gasteiger partial charge in [-0.2, -0.15) is 5.26 Å². The van der Waals surface area contributed by atoms with Crippen molar-refractivity contribution >= 4 is 29.2 Å². The predicted octanol–water partition coefficient (Wildman–Crippen LogP) is 5.04. The number of carboxylic acids is 1. The molecule has 0 aliphatic carbocycles. The van der Waals surface area contributed by atoms with E-state index in [1.165, 1.54) is 30.3 Å². The molecule has 2 unspecified atom stereocenters. The predicted molar refractivity (Wildman–Crippen MR) is 121 cm³/mol. The molecule has 0 radical (unpaired) electrons. The third kappa shape index (κ3) is 4.58. The molecule has 1 aliphatic heterocycles. The molecule has 5 nitrogen and oxygen atoms in total. The third-order valence-electron chi connectivity index (χ3n) is 6.44. The summed E-state index contributed by atoms with van der Waals surface area (Å²) in [6.45, 7) is 3.59. The molecule has 9 heteroatoms. The van der Waals surface area contributed by atoms with E-state index in [0.29, 0.717) is 6.42 Å². The highest BCUT2D eigenvalue weighted by Gasteiger charge is 2.61. The van der Waals surface area contributed by atoms with Crippen LogP contribution in [0.2, 0.25) is 10.0 Å². The number of aliphatic carboxylic acids is 1. The Bertz CT molecular complexity index is 1110. The second-order valence-corrected chi connectivity index (χ2v) is 9.95. The lowest BCUT2D eigenvalue weighted by atomic mass is 9.62. The van der Waals surface area contributed by atoms with Gasteiger partial charge in [0.1, 0.15) is 23.1 Å². The van der Waals surface area contributed by atoms with E-state index < -0.39 is 46.4 Å². The van der Waals surface area contributed by atoms with Crippen LogP contribution in [-0.2, 0) is 10.2 Å². The minimum absolute atomic E-state index is 0.0835. The Balaban J connectivity index is 2.34. The molecule has 1 aliphatic rings. The zero-order chi connectivity index (χ0) is 24.6. The van der Waals surface area contributed by atoms with Crippen LogP contribution >= 0.6 is 23.2 Å². The number of halogens is 4. The summed E-state index contributed by atoms with van der Waals surface area (Å²) in [5.41, 5.74) is -2.53. The average Bonchev–Trinajstić information content (AvgIpc) is 3.04. The van der Waals surface area contributed by atoms with Crippen molar-refractivity contribution in [3.05, 3.63) is 69.2 Å². The van der Waals surface area contributed by atoms with Crippen molar-refractivity contribution < 1.29 is 23.8 Å². The van der Waals surface area contributed by atoms with Crippen molar-refractivity contribution in [1.29, 1.82) is 5.26 Å². The SMILES string of the molecule is CC(C)(CCO)C[C@@H]1N[C@@H](C(=O)O)C(c2cccc(Cl)c2F)C1(C#N)c1ccc(Cl)cc1F. The highest BCUT2D eigenvalue weighted by Crippen LogP contribution is 2.53. The van der Waals surface area contributed by atoms with E-state index in [2.05, 4.69) is 11.4 Å². The van der Waals surface area contributed by atoms with E-state index in [1.54, 1.807) is 0 Å². The number of nitrogens with zero attached hydrogens (tertiary/aromatic N) is 1. The molecule has 1 fully saturated rings. The normalized spacial score (nSPS) is 25.1. The van der Waals surface area contributed by atoms with Gasteiger partial charge in [0.25, 0.3) is 0 Å². The Morgan fingerprint density at radius 2 is 1.97 bits per heavy atom. The fraction of sp³-hybridized carbons (Fsp3) is 0.417. The Morgan fingerprint density at radius 1 is 1.27 bits per heavy atom. The Hall–Kier alpha value is -2.24. The molecule has 33 heavy (non-hydrogen) atoms. The monoisotopic (exact) mass is 496 g/mol. The number of aliphatic hydroxyl groups excluding tert-OH is 1. The zero-order valence-corrected chi connectivity index (χ0v) is 19.6.